The molecule has 2 aromatic rings. The predicted molar refractivity (Wildman–Crippen MR) is 82.0 cm³/mol. The predicted octanol–water partition coefficient (Wildman–Crippen LogP) is 3.93. The number of carbonyl (C=O) groups excluding carboxylic acids is 1. The van der Waals surface area contributed by atoms with E-state index in [1.165, 1.54) is 12.1 Å². The number of benzene rings is 2. The van der Waals surface area contributed by atoms with Crippen LogP contribution in [-0.2, 0) is 0 Å². The van der Waals surface area contributed by atoms with Crippen LogP contribution in [-0.4, -0.2) is 17.3 Å². The number of nitrogens with zero attached hydrogens (tertiary/aromatic N) is 1. The SMILES string of the molecule is O=C(CCNc1cccc([N+](=O)[O-])c1)c1ccc(Cl)cc1. The maximum Gasteiger partial charge on any atom is 0.271 e. The topological polar surface area (TPSA) is 72.2 Å². The maximum atomic E-state index is 11.9. The Bertz CT molecular complexity index is 656. The van der Waals surface area contributed by atoms with E-state index in [1.807, 2.05) is 0 Å². The van der Waals surface area contributed by atoms with Crippen LogP contribution in [0.1, 0.15) is 16.8 Å². The normalized spacial score (nSPS) is 10.1. The fourth-order valence-electron chi connectivity index (χ4n) is 1.83. The van der Waals surface area contributed by atoms with Crippen LogP contribution in [0.5, 0.6) is 0 Å². The molecular formula is C15H13ClN2O3. The highest BCUT2D eigenvalue weighted by molar-refractivity contribution is 6.30. The van der Waals surface area contributed by atoms with Crippen molar-refractivity contribution < 1.29 is 9.72 Å². The summed E-state index contributed by atoms with van der Waals surface area (Å²) in [5.41, 5.74) is 1.23. The maximum absolute atomic E-state index is 11.9. The Hall–Kier alpha value is -2.40. The quantitative estimate of drug-likeness (QED) is 0.498. The molecule has 0 bridgehead atoms. The lowest BCUT2D eigenvalue weighted by atomic mass is 10.1. The summed E-state index contributed by atoms with van der Waals surface area (Å²) in [6, 6.07) is 12.9. The highest BCUT2D eigenvalue weighted by atomic mass is 35.5. The number of carbonyl (C=O) groups is 1. The molecule has 21 heavy (non-hydrogen) atoms. The highest BCUT2D eigenvalue weighted by Gasteiger charge is 2.07. The molecule has 2 aromatic carbocycles. The molecule has 0 aromatic heterocycles. The number of non-ortho nitro benzene ring substituents is 1. The molecule has 0 aliphatic heterocycles. The van der Waals surface area contributed by atoms with Crippen molar-refractivity contribution in [2.45, 2.75) is 6.42 Å². The number of rotatable bonds is 6. The molecule has 0 heterocycles. The minimum atomic E-state index is -0.454. The lowest BCUT2D eigenvalue weighted by Gasteiger charge is -2.06. The van der Waals surface area contributed by atoms with E-state index in [0.29, 0.717) is 29.2 Å². The number of Topliss-reactive ketones (excluding diaryl/α,β-unsaturated/α-hetero) is 1. The Balaban J connectivity index is 1.89. The van der Waals surface area contributed by atoms with Crippen LogP contribution in [0.25, 0.3) is 0 Å². The van der Waals surface area contributed by atoms with Gasteiger partial charge in [-0.3, -0.25) is 14.9 Å². The van der Waals surface area contributed by atoms with Crippen LogP contribution in [0.15, 0.2) is 48.5 Å². The molecule has 0 atom stereocenters. The minimum absolute atomic E-state index is 0.00963. The number of ketones is 1. The van der Waals surface area contributed by atoms with Gasteiger partial charge in [-0.05, 0) is 30.3 Å². The number of halogens is 1. The van der Waals surface area contributed by atoms with Gasteiger partial charge in [-0.25, -0.2) is 0 Å². The van der Waals surface area contributed by atoms with Gasteiger partial charge >= 0.3 is 0 Å². The van der Waals surface area contributed by atoms with Gasteiger partial charge in [-0.1, -0.05) is 17.7 Å². The number of hydrogen-bond acceptors (Lipinski definition) is 4. The minimum Gasteiger partial charge on any atom is -0.384 e. The van der Waals surface area contributed by atoms with Crippen LogP contribution in [0, 0.1) is 10.1 Å². The number of nitro benzene ring substituents is 1. The van der Waals surface area contributed by atoms with E-state index in [-0.39, 0.29) is 11.5 Å². The van der Waals surface area contributed by atoms with E-state index >= 15 is 0 Å². The molecule has 0 radical (unpaired) electrons. The molecule has 0 amide bonds. The summed E-state index contributed by atoms with van der Waals surface area (Å²) < 4.78 is 0. The molecular weight excluding hydrogens is 292 g/mol. The number of anilines is 1. The van der Waals surface area contributed by atoms with Crippen LogP contribution < -0.4 is 5.32 Å². The van der Waals surface area contributed by atoms with E-state index in [9.17, 15) is 14.9 Å². The van der Waals surface area contributed by atoms with Crippen LogP contribution in [0.4, 0.5) is 11.4 Å². The molecule has 1 N–H and O–H groups in total. The summed E-state index contributed by atoms with van der Waals surface area (Å²) in [6.07, 6.45) is 0.296. The number of hydrogen-bond donors (Lipinski definition) is 1. The van der Waals surface area contributed by atoms with Crippen LogP contribution in [0.2, 0.25) is 5.02 Å². The molecule has 108 valence electrons. The lowest BCUT2D eigenvalue weighted by molar-refractivity contribution is -0.384. The Morgan fingerprint density at radius 2 is 1.90 bits per heavy atom. The Labute approximate surface area is 126 Å². The summed E-state index contributed by atoms with van der Waals surface area (Å²) >= 11 is 5.76. The van der Waals surface area contributed by atoms with E-state index < -0.39 is 4.92 Å². The van der Waals surface area contributed by atoms with E-state index in [1.54, 1.807) is 36.4 Å². The van der Waals surface area contributed by atoms with Crippen molar-refractivity contribution in [3.8, 4) is 0 Å². The third-order valence-electron chi connectivity index (χ3n) is 2.90. The van der Waals surface area contributed by atoms with Crippen LogP contribution in [0.3, 0.4) is 0 Å². The van der Waals surface area contributed by atoms with Crippen molar-refractivity contribution in [1.82, 2.24) is 0 Å². The van der Waals surface area contributed by atoms with Crippen molar-refractivity contribution >= 4 is 28.8 Å². The monoisotopic (exact) mass is 304 g/mol. The third-order valence-corrected chi connectivity index (χ3v) is 3.16. The van der Waals surface area contributed by atoms with Crippen LogP contribution >= 0.6 is 11.6 Å². The number of nitro groups is 1. The van der Waals surface area contributed by atoms with Crippen molar-refractivity contribution in [2.75, 3.05) is 11.9 Å². The number of nitrogens with one attached hydrogen (secondary N) is 1. The summed E-state index contributed by atoms with van der Waals surface area (Å²) in [6.45, 7) is 0.405. The van der Waals surface area contributed by atoms with E-state index in [4.69, 9.17) is 11.6 Å². The largest absolute Gasteiger partial charge is 0.384 e. The smallest absolute Gasteiger partial charge is 0.271 e. The molecule has 0 saturated carbocycles. The fraction of sp³-hybridized carbons (Fsp3) is 0.133. The van der Waals surface area contributed by atoms with E-state index in [2.05, 4.69) is 5.32 Å². The second kappa shape index (κ2) is 6.85. The zero-order valence-corrected chi connectivity index (χ0v) is 11.8. The first kappa shape index (κ1) is 15.0. The first-order valence-corrected chi connectivity index (χ1v) is 6.71. The van der Waals surface area contributed by atoms with Gasteiger partial charge in [0.25, 0.3) is 5.69 Å². The van der Waals surface area contributed by atoms with Gasteiger partial charge in [0, 0.05) is 41.4 Å². The second-order valence-electron chi connectivity index (χ2n) is 4.41. The average Bonchev–Trinajstić information content (AvgIpc) is 2.48. The molecule has 0 fully saturated rings. The summed E-state index contributed by atoms with van der Waals surface area (Å²) in [5.74, 6) is -0.00963. The Morgan fingerprint density at radius 3 is 2.57 bits per heavy atom. The zero-order valence-electron chi connectivity index (χ0n) is 11.1. The van der Waals surface area contributed by atoms with Gasteiger partial charge in [-0.2, -0.15) is 0 Å². The molecule has 0 aliphatic carbocycles. The van der Waals surface area contributed by atoms with Gasteiger partial charge < -0.3 is 5.32 Å². The first-order chi connectivity index (χ1) is 10.1. The fourth-order valence-corrected chi connectivity index (χ4v) is 1.96. The standard InChI is InChI=1S/C15H13ClN2O3/c16-12-6-4-11(5-7-12)15(19)8-9-17-13-2-1-3-14(10-13)18(20)21/h1-7,10,17H,8-9H2. The summed E-state index contributed by atoms with van der Waals surface area (Å²) in [4.78, 5) is 22.1. The van der Waals surface area contributed by atoms with Gasteiger partial charge in [0.15, 0.2) is 5.78 Å². The van der Waals surface area contributed by atoms with Gasteiger partial charge in [0.05, 0.1) is 4.92 Å². The van der Waals surface area contributed by atoms with Gasteiger partial charge in [0.2, 0.25) is 0 Å². The lowest BCUT2D eigenvalue weighted by Crippen LogP contribution is -2.09. The average molecular weight is 305 g/mol. The Morgan fingerprint density at radius 1 is 1.19 bits per heavy atom. The van der Waals surface area contributed by atoms with Gasteiger partial charge in [0.1, 0.15) is 0 Å². The van der Waals surface area contributed by atoms with Gasteiger partial charge in [-0.15, -0.1) is 0 Å². The molecule has 5 nitrogen and oxygen atoms in total. The van der Waals surface area contributed by atoms with E-state index in [0.717, 1.165) is 0 Å². The van der Waals surface area contributed by atoms with Crippen molar-refractivity contribution in [3.63, 3.8) is 0 Å². The van der Waals surface area contributed by atoms with Crippen molar-refractivity contribution in [2.24, 2.45) is 0 Å². The molecule has 6 heteroatoms. The third kappa shape index (κ3) is 4.29. The Kier molecular flexibility index (Phi) is 4.90. The molecule has 0 unspecified atom stereocenters. The zero-order chi connectivity index (χ0) is 15.2. The first-order valence-electron chi connectivity index (χ1n) is 6.33. The van der Waals surface area contributed by atoms with Crippen molar-refractivity contribution in [1.29, 1.82) is 0 Å². The molecule has 0 saturated heterocycles. The molecule has 2 rings (SSSR count). The van der Waals surface area contributed by atoms with Crippen molar-refractivity contribution in [3.05, 3.63) is 69.2 Å². The summed E-state index contributed by atoms with van der Waals surface area (Å²) in [7, 11) is 0. The highest BCUT2D eigenvalue weighted by Crippen LogP contribution is 2.17. The summed E-state index contributed by atoms with van der Waals surface area (Å²) in [5, 5.41) is 14.2. The molecule has 0 aliphatic rings. The second-order valence-corrected chi connectivity index (χ2v) is 4.85. The molecule has 0 spiro atoms.